The normalized spacial score (nSPS) is 12.1. The third-order valence-corrected chi connectivity index (χ3v) is 16.2. The molecule has 64 heavy (non-hydrogen) atoms. The fraction of sp³-hybridized carbons (Fsp3) is 0. The molecular formula is C62H36OSe. The molecule has 0 spiro atoms. The summed E-state index contributed by atoms with van der Waals surface area (Å²) in [4.78, 5) is 0. The summed E-state index contributed by atoms with van der Waals surface area (Å²) >= 11 is 0.0945. The van der Waals surface area contributed by atoms with Crippen LogP contribution in [0.15, 0.2) is 223 Å². The van der Waals surface area contributed by atoms with Gasteiger partial charge in [-0.2, -0.15) is 0 Å². The Bertz CT molecular complexity index is 4130. The molecule has 12 aromatic carbocycles. The van der Waals surface area contributed by atoms with Crippen LogP contribution in [0, 0.1) is 0 Å². The van der Waals surface area contributed by atoms with Gasteiger partial charge in [-0.15, -0.1) is 0 Å². The van der Waals surface area contributed by atoms with Gasteiger partial charge in [-0.3, -0.25) is 0 Å². The van der Waals surface area contributed by atoms with Gasteiger partial charge in [-0.25, -0.2) is 0 Å². The van der Waals surface area contributed by atoms with Gasteiger partial charge in [-0.1, -0.05) is 30.3 Å². The van der Waals surface area contributed by atoms with Gasteiger partial charge in [0.1, 0.15) is 0 Å². The van der Waals surface area contributed by atoms with Gasteiger partial charge in [0.2, 0.25) is 0 Å². The number of hydrogen-bond donors (Lipinski definition) is 0. The average molecular weight is 876 g/mol. The van der Waals surface area contributed by atoms with Crippen LogP contribution in [0.4, 0.5) is 0 Å². The minimum absolute atomic E-state index is 0.0945. The number of rotatable bonds is 4. The van der Waals surface area contributed by atoms with E-state index in [1.54, 1.807) is 0 Å². The molecule has 0 aliphatic rings. The van der Waals surface area contributed by atoms with Crippen LogP contribution in [0.5, 0.6) is 0 Å². The summed E-state index contributed by atoms with van der Waals surface area (Å²) in [7, 11) is 0. The number of benzene rings is 12. The van der Waals surface area contributed by atoms with Crippen molar-refractivity contribution in [1.29, 1.82) is 0 Å². The van der Waals surface area contributed by atoms with E-state index < -0.39 is 0 Å². The van der Waals surface area contributed by atoms with Gasteiger partial charge in [0.15, 0.2) is 0 Å². The van der Waals surface area contributed by atoms with Gasteiger partial charge in [-0.05, 0) is 5.39 Å². The Morgan fingerprint density at radius 3 is 1.44 bits per heavy atom. The summed E-state index contributed by atoms with van der Waals surface area (Å²) in [6.45, 7) is 0. The van der Waals surface area contributed by atoms with E-state index in [0.717, 1.165) is 27.3 Å². The predicted molar refractivity (Wildman–Crippen MR) is 275 cm³/mol. The Morgan fingerprint density at radius 1 is 0.297 bits per heavy atom. The number of fused-ring (bicyclic) bond motifs is 12. The molecule has 0 radical (unpaired) electrons. The van der Waals surface area contributed by atoms with Crippen LogP contribution in [-0.4, -0.2) is 14.5 Å². The van der Waals surface area contributed by atoms with E-state index in [2.05, 4.69) is 218 Å². The van der Waals surface area contributed by atoms with Gasteiger partial charge < -0.3 is 0 Å². The molecule has 0 unspecified atom stereocenters. The topological polar surface area (TPSA) is 13.1 Å². The van der Waals surface area contributed by atoms with Crippen molar-refractivity contribution in [2.45, 2.75) is 0 Å². The van der Waals surface area contributed by atoms with Crippen molar-refractivity contribution in [2.75, 3.05) is 0 Å². The zero-order valence-electron chi connectivity index (χ0n) is 34.6. The first-order valence-corrected chi connectivity index (χ1v) is 23.7. The fourth-order valence-electron chi connectivity index (χ4n) is 11.0. The molecule has 0 N–H and O–H groups in total. The number of hydrogen-bond acceptors (Lipinski definition) is 1. The van der Waals surface area contributed by atoms with Gasteiger partial charge >= 0.3 is 336 Å². The molecule has 0 amide bonds. The predicted octanol–water partition coefficient (Wildman–Crippen LogP) is 17.4. The average Bonchev–Trinajstić information content (AvgIpc) is 3.94. The van der Waals surface area contributed by atoms with Crippen molar-refractivity contribution in [3.05, 3.63) is 218 Å². The van der Waals surface area contributed by atoms with Crippen molar-refractivity contribution < 1.29 is 4.42 Å². The Balaban J connectivity index is 1.03. The zero-order chi connectivity index (χ0) is 41.9. The molecule has 14 rings (SSSR count). The SMILES string of the molecule is c1ccc(-c2c3ccccc3c(-c3cccc4c3[se]c3cccc(-c5c6ccccc6c(-c6ccc7oc8c9ccccc9ccc8c7c6)c6ccccc56)c34)c3ccccc23)cc1. The van der Waals surface area contributed by atoms with Crippen molar-refractivity contribution in [1.82, 2.24) is 0 Å². The molecule has 0 atom stereocenters. The van der Waals surface area contributed by atoms with Crippen molar-refractivity contribution in [3.8, 4) is 44.5 Å². The maximum absolute atomic E-state index is 6.58. The van der Waals surface area contributed by atoms with Crippen LogP contribution in [0.1, 0.15) is 0 Å². The summed E-state index contributed by atoms with van der Waals surface area (Å²) in [5, 5.41) is 17.5. The van der Waals surface area contributed by atoms with Gasteiger partial charge in [0.25, 0.3) is 0 Å². The quantitative estimate of drug-likeness (QED) is 0.127. The van der Waals surface area contributed by atoms with Crippen molar-refractivity contribution >= 4 is 110 Å². The van der Waals surface area contributed by atoms with E-state index in [4.69, 9.17) is 4.42 Å². The summed E-state index contributed by atoms with van der Waals surface area (Å²) in [6, 6.07) is 80.9. The van der Waals surface area contributed by atoms with E-state index in [1.165, 1.54) is 112 Å². The molecule has 2 heterocycles. The van der Waals surface area contributed by atoms with E-state index in [9.17, 15) is 0 Å². The first kappa shape index (κ1) is 35.8. The first-order chi connectivity index (χ1) is 31.8. The zero-order valence-corrected chi connectivity index (χ0v) is 36.3. The molecule has 1 nitrogen and oxygen atoms in total. The Morgan fingerprint density at radius 2 is 0.797 bits per heavy atom. The second-order valence-corrected chi connectivity index (χ2v) is 19.2. The van der Waals surface area contributed by atoms with Crippen LogP contribution in [0.2, 0.25) is 0 Å². The fourth-order valence-corrected chi connectivity index (χ4v) is 13.6. The third kappa shape index (κ3) is 5.13. The molecule has 0 fully saturated rings. The maximum atomic E-state index is 6.58. The molecule has 0 saturated heterocycles. The van der Waals surface area contributed by atoms with Crippen molar-refractivity contribution in [3.63, 3.8) is 0 Å². The van der Waals surface area contributed by atoms with Crippen LogP contribution >= 0.6 is 0 Å². The monoisotopic (exact) mass is 876 g/mol. The standard InChI is InChI=1S/C62H36OSe/c1-2-17-38(18-3-1)56-41-20-6-12-26-47(41)59(48-27-13-7-21-42(48)56)51-29-14-30-52-60-50(28-15-31-55(60)64-62(51)52)58-45-24-10-8-22-43(45)57(44-23-9-11-25-46(44)58)39-33-35-54-53(36-39)49-34-32-37-16-4-5-19-40(37)61(49)63-54/h1-36H. The third-order valence-electron chi connectivity index (χ3n) is 13.6. The molecule has 2 aromatic heterocycles. The molecule has 0 aliphatic carbocycles. The molecule has 2 heteroatoms. The molecule has 0 bridgehead atoms. The first-order valence-electron chi connectivity index (χ1n) is 22.0. The van der Waals surface area contributed by atoms with Crippen LogP contribution in [0.3, 0.4) is 0 Å². The molecule has 14 aromatic rings. The van der Waals surface area contributed by atoms with E-state index in [-0.39, 0.29) is 14.5 Å². The van der Waals surface area contributed by atoms with E-state index in [1.807, 2.05) is 0 Å². The van der Waals surface area contributed by atoms with Gasteiger partial charge in [0.05, 0.1) is 0 Å². The Labute approximate surface area is 374 Å². The van der Waals surface area contributed by atoms with Crippen LogP contribution < -0.4 is 0 Å². The van der Waals surface area contributed by atoms with Gasteiger partial charge in [0, 0.05) is 5.39 Å². The molecular weight excluding hydrogens is 840 g/mol. The van der Waals surface area contributed by atoms with Crippen molar-refractivity contribution in [2.24, 2.45) is 0 Å². The summed E-state index contributed by atoms with van der Waals surface area (Å²) < 4.78 is 9.48. The van der Waals surface area contributed by atoms with Crippen LogP contribution in [-0.2, 0) is 0 Å². The van der Waals surface area contributed by atoms with E-state index in [0.29, 0.717) is 0 Å². The Kier molecular flexibility index (Phi) is 7.77. The number of furan rings is 1. The molecule has 296 valence electrons. The van der Waals surface area contributed by atoms with Crippen LogP contribution in [0.25, 0.3) is 140 Å². The second-order valence-electron chi connectivity index (χ2n) is 17.0. The summed E-state index contributed by atoms with van der Waals surface area (Å²) in [6.07, 6.45) is 0. The van der Waals surface area contributed by atoms with E-state index >= 15 is 0 Å². The summed E-state index contributed by atoms with van der Waals surface area (Å²) in [5.41, 5.74) is 12.1. The minimum atomic E-state index is 0.0945. The molecule has 0 aliphatic heterocycles. The molecule has 0 saturated carbocycles. The summed E-state index contributed by atoms with van der Waals surface area (Å²) in [5.74, 6) is 0. The Hall–Kier alpha value is -7.74. The second kappa shape index (κ2) is 13.9.